The third-order valence-electron chi connectivity index (χ3n) is 2.44. The number of rotatable bonds is 3. The number of nitrogens with two attached hydrogens (primary N) is 1. The van der Waals surface area contributed by atoms with Crippen molar-refractivity contribution in [3.63, 3.8) is 0 Å². The van der Waals surface area contributed by atoms with Crippen molar-refractivity contribution in [1.29, 1.82) is 0 Å². The maximum Gasteiger partial charge on any atom is 0.330 e. The quantitative estimate of drug-likeness (QED) is 0.511. The van der Waals surface area contributed by atoms with Gasteiger partial charge in [0.1, 0.15) is 11.5 Å². The molecule has 92 valence electrons. The Morgan fingerprint density at radius 1 is 1.28 bits per heavy atom. The summed E-state index contributed by atoms with van der Waals surface area (Å²) in [6, 6.07) is 11.0. The van der Waals surface area contributed by atoms with E-state index in [0.29, 0.717) is 17.2 Å². The van der Waals surface area contributed by atoms with Crippen molar-refractivity contribution in [3.05, 3.63) is 48.2 Å². The average molecular weight is 243 g/mol. The van der Waals surface area contributed by atoms with Gasteiger partial charge in [-0.15, -0.1) is 0 Å². The molecule has 4 nitrogen and oxygen atoms in total. The van der Waals surface area contributed by atoms with Crippen molar-refractivity contribution in [2.75, 3.05) is 12.8 Å². The second-order valence-corrected chi connectivity index (χ2v) is 3.65. The van der Waals surface area contributed by atoms with Crippen molar-refractivity contribution >= 4 is 17.7 Å². The lowest BCUT2D eigenvalue weighted by Gasteiger charge is -2.00. The average Bonchev–Trinajstić information content (AvgIpc) is 2.85. The minimum atomic E-state index is -0.424. The Balaban J connectivity index is 2.24. The third kappa shape index (κ3) is 2.60. The van der Waals surface area contributed by atoms with Crippen LogP contribution in [0.3, 0.4) is 0 Å². The molecule has 4 heteroatoms. The molecule has 1 aromatic heterocycles. The molecule has 0 saturated carbocycles. The van der Waals surface area contributed by atoms with Gasteiger partial charge in [0.2, 0.25) is 0 Å². The highest BCUT2D eigenvalue weighted by Crippen LogP contribution is 2.27. The fourth-order valence-electron chi connectivity index (χ4n) is 1.53. The lowest BCUT2D eigenvalue weighted by Crippen LogP contribution is -1.92. The number of methoxy groups -OCH3 is 1. The highest BCUT2D eigenvalue weighted by molar-refractivity contribution is 5.86. The molecular weight excluding hydrogens is 230 g/mol. The van der Waals surface area contributed by atoms with Gasteiger partial charge in [0.15, 0.2) is 0 Å². The maximum atomic E-state index is 10.9. The summed E-state index contributed by atoms with van der Waals surface area (Å²) in [4.78, 5) is 10.9. The van der Waals surface area contributed by atoms with Crippen molar-refractivity contribution in [3.8, 4) is 11.3 Å². The zero-order chi connectivity index (χ0) is 13.0. The Kier molecular flexibility index (Phi) is 3.48. The smallest absolute Gasteiger partial charge is 0.330 e. The Labute approximate surface area is 105 Å². The Morgan fingerprint density at radius 2 is 2.06 bits per heavy atom. The van der Waals surface area contributed by atoms with E-state index in [9.17, 15) is 4.79 Å². The van der Waals surface area contributed by atoms with Crippen LogP contribution in [0.25, 0.3) is 17.4 Å². The summed E-state index contributed by atoms with van der Waals surface area (Å²) < 4.78 is 10.1. The first-order chi connectivity index (χ1) is 8.70. The molecule has 0 amide bonds. The molecular formula is C14H13NO3. The van der Waals surface area contributed by atoms with Gasteiger partial charge in [-0.3, -0.25) is 0 Å². The first-order valence-electron chi connectivity index (χ1n) is 5.41. The van der Waals surface area contributed by atoms with Crippen LogP contribution in [0.1, 0.15) is 5.76 Å². The topological polar surface area (TPSA) is 65.5 Å². The zero-order valence-electron chi connectivity index (χ0n) is 9.92. The van der Waals surface area contributed by atoms with Gasteiger partial charge in [0.05, 0.1) is 7.11 Å². The van der Waals surface area contributed by atoms with E-state index in [1.54, 1.807) is 12.1 Å². The van der Waals surface area contributed by atoms with Crippen molar-refractivity contribution < 1.29 is 13.9 Å². The van der Waals surface area contributed by atoms with Gasteiger partial charge in [-0.05, 0) is 30.3 Å². The van der Waals surface area contributed by atoms with Gasteiger partial charge in [0, 0.05) is 17.3 Å². The van der Waals surface area contributed by atoms with Crippen molar-refractivity contribution in [2.45, 2.75) is 0 Å². The fourth-order valence-corrected chi connectivity index (χ4v) is 1.53. The minimum Gasteiger partial charge on any atom is -0.466 e. The summed E-state index contributed by atoms with van der Waals surface area (Å²) in [5, 5.41) is 0. The Morgan fingerprint density at radius 3 is 2.78 bits per heavy atom. The summed E-state index contributed by atoms with van der Waals surface area (Å²) >= 11 is 0. The highest BCUT2D eigenvalue weighted by atomic mass is 16.5. The van der Waals surface area contributed by atoms with Crippen LogP contribution in [0.4, 0.5) is 5.69 Å². The van der Waals surface area contributed by atoms with E-state index in [-0.39, 0.29) is 0 Å². The molecule has 1 aromatic carbocycles. The molecule has 0 atom stereocenters. The van der Waals surface area contributed by atoms with Gasteiger partial charge in [-0.1, -0.05) is 12.1 Å². The van der Waals surface area contributed by atoms with Crippen LogP contribution in [-0.2, 0) is 9.53 Å². The predicted octanol–water partition coefficient (Wildman–Crippen LogP) is 2.71. The number of ether oxygens (including phenoxy) is 1. The van der Waals surface area contributed by atoms with E-state index in [2.05, 4.69) is 4.74 Å². The summed E-state index contributed by atoms with van der Waals surface area (Å²) in [7, 11) is 1.32. The van der Waals surface area contributed by atoms with Crippen LogP contribution >= 0.6 is 0 Å². The van der Waals surface area contributed by atoms with E-state index in [0.717, 1.165) is 5.56 Å². The number of benzene rings is 1. The van der Waals surface area contributed by atoms with Gasteiger partial charge in [-0.25, -0.2) is 4.79 Å². The predicted molar refractivity (Wildman–Crippen MR) is 69.6 cm³/mol. The number of para-hydroxylation sites is 1. The van der Waals surface area contributed by atoms with Crippen LogP contribution in [0, 0.1) is 0 Å². The molecule has 0 aliphatic rings. The maximum absolute atomic E-state index is 10.9. The summed E-state index contributed by atoms with van der Waals surface area (Å²) in [6.07, 6.45) is 2.85. The molecule has 0 aliphatic heterocycles. The number of esters is 1. The molecule has 0 fully saturated rings. The minimum absolute atomic E-state index is 0.424. The molecule has 0 aliphatic carbocycles. The second kappa shape index (κ2) is 5.23. The van der Waals surface area contributed by atoms with Crippen LogP contribution in [-0.4, -0.2) is 13.1 Å². The first kappa shape index (κ1) is 12.0. The van der Waals surface area contributed by atoms with E-state index in [1.807, 2.05) is 30.3 Å². The van der Waals surface area contributed by atoms with Crippen LogP contribution in [0.15, 0.2) is 46.9 Å². The molecule has 0 bridgehead atoms. The Bertz CT molecular complexity index is 584. The molecule has 2 aromatic rings. The zero-order valence-corrected chi connectivity index (χ0v) is 9.92. The van der Waals surface area contributed by atoms with Gasteiger partial charge >= 0.3 is 5.97 Å². The van der Waals surface area contributed by atoms with Crippen molar-refractivity contribution in [2.24, 2.45) is 0 Å². The van der Waals surface area contributed by atoms with Crippen LogP contribution < -0.4 is 5.73 Å². The van der Waals surface area contributed by atoms with E-state index in [1.165, 1.54) is 13.2 Å². The Hall–Kier alpha value is -2.49. The molecule has 18 heavy (non-hydrogen) atoms. The SMILES string of the molecule is COC(=O)/C=C/c1ccc(-c2ccccc2N)o1. The third-order valence-corrected chi connectivity index (χ3v) is 2.44. The number of nitrogen functional groups attached to an aromatic ring is 1. The summed E-state index contributed by atoms with van der Waals surface area (Å²) in [5.74, 6) is 0.809. The number of anilines is 1. The lowest BCUT2D eigenvalue weighted by atomic mass is 10.1. The summed E-state index contributed by atoms with van der Waals surface area (Å²) in [6.45, 7) is 0. The molecule has 2 N–H and O–H groups in total. The monoisotopic (exact) mass is 243 g/mol. The molecule has 0 spiro atoms. The number of carbonyl (C=O) groups excluding carboxylic acids is 1. The van der Waals surface area contributed by atoms with Gasteiger partial charge in [0.25, 0.3) is 0 Å². The number of hydrogen-bond acceptors (Lipinski definition) is 4. The number of carbonyl (C=O) groups is 1. The van der Waals surface area contributed by atoms with Crippen LogP contribution in [0.2, 0.25) is 0 Å². The summed E-state index contributed by atoms with van der Waals surface area (Å²) in [5.41, 5.74) is 7.33. The highest BCUT2D eigenvalue weighted by Gasteiger charge is 2.06. The van der Waals surface area contributed by atoms with E-state index in [4.69, 9.17) is 10.2 Å². The van der Waals surface area contributed by atoms with Crippen LogP contribution in [0.5, 0.6) is 0 Å². The molecule has 0 saturated heterocycles. The normalized spacial score (nSPS) is 10.7. The van der Waals surface area contributed by atoms with Gasteiger partial charge < -0.3 is 14.9 Å². The molecule has 2 rings (SSSR count). The second-order valence-electron chi connectivity index (χ2n) is 3.65. The molecule has 1 heterocycles. The number of furan rings is 1. The molecule has 0 radical (unpaired) electrons. The number of hydrogen-bond donors (Lipinski definition) is 1. The fraction of sp³-hybridized carbons (Fsp3) is 0.0714. The van der Waals surface area contributed by atoms with Crippen molar-refractivity contribution in [1.82, 2.24) is 0 Å². The first-order valence-corrected chi connectivity index (χ1v) is 5.41. The van der Waals surface area contributed by atoms with Gasteiger partial charge in [-0.2, -0.15) is 0 Å². The van der Waals surface area contributed by atoms with E-state index < -0.39 is 5.97 Å². The van der Waals surface area contributed by atoms with E-state index >= 15 is 0 Å². The standard InChI is InChI=1S/C14H13NO3/c1-17-14(16)9-7-10-6-8-13(18-10)11-4-2-3-5-12(11)15/h2-9H,15H2,1H3/b9-7+. The molecule has 0 unspecified atom stereocenters. The largest absolute Gasteiger partial charge is 0.466 e. The lowest BCUT2D eigenvalue weighted by molar-refractivity contribution is -0.134.